The zero-order valence-electron chi connectivity index (χ0n) is 34.2. The van der Waals surface area contributed by atoms with Gasteiger partial charge in [-0.05, 0) is 171 Å². The van der Waals surface area contributed by atoms with Crippen LogP contribution < -0.4 is 0 Å². The van der Waals surface area contributed by atoms with Gasteiger partial charge in [-0.2, -0.15) is 0 Å². The first-order valence-electron chi connectivity index (χ1n) is 22.5. The van der Waals surface area contributed by atoms with Gasteiger partial charge in [-0.25, -0.2) is 9.97 Å². The molecule has 4 fully saturated rings. The Hall–Kier alpha value is -5.44. The zero-order chi connectivity index (χ0) is 40.2. The summed E-state index contributed by atoms with van der Waals surface area (Å²) in [5.74, 6) is 2.93. The quantitative estimate of drug-likeness (QED) is 0.159. The van der Waals surface area contributed by atoms with Crippen molar-refractivity contribution in [1.82, 2.24) is 28.7 Å². The summed E-state index contributed by atoms with van der Waals surface area (Å²) in [5.41, 5.74) is 12.0. The van der Waals surface area contributed by atoms with Crippen LogP contribution in [0.2, 0.25) is 0 Å². The topological polar surface area (TPSA) is 101 Å². The third-order valence-corrected chi connectivity index (χ3v) is 14.6. The molecule has 0 bridgehead atoms. The molecule has 4 aliphatic carbocycles. The highest BCUT2D eigenvalue weighted by molar-refractivity contribution is 5.83. The first kappa shape index (κ1) is 37.6. The summed E-state index contributed by atoms with van der Waals surface area (Å²) in [6, 6.07) is 30.0. The van der Waals surface area contributed by atoms with Crippen LogP contribution >= 0.6 is 0 Å². The molecule has 4 saturated carbocycles. The van der Waals surface area contributed by atoms with Crippen LogP contribution in [0.1, 0.15) is 147 Å². The predicted octanol–water partition coefficient (Wildman–Crippen LogP) is 11.5. The molecule has 0 aliphatic heterocycles. The number of rotatable bonds is 8. The second-order valence-electron chi connectivity index (χ2n) is 18.2. The first-order chi connectivity index (χ1) is 29.6. The Labute approximate surface area is 351 Å². The average molecular weight is 795 g/mol. The molecule has 2 atom stereocenters. The van der Waals surface area contributed by atoms with E-state index in [-0.39, 0.29) is 0 Å². The van der Waals surface area contributed by atoms with Crippen molar-refractivity contribution in [2.24, 2.45) is 11.8 Å². The third-order valence-electron chi connectivity index (χ3n) is 14.6. The van der Waals surface area contributed by atoms with Crippen molar-refractivity contribution >= 4 is 32.8 Å². The summed E-state index contributed by atoms with van der Waals surface area (Å²) < 4.78 is 4.25. The number of aliphatic hydroxyl groups is 2. The van der Waals surface area contributed by atoms with Crippen molar-refractivity contribution < 1.29 is 10.2 Å². The molecule has 8 nitrogen and oxygen atoms in total. The molecule has 60 heavy (non-hydrogen) atoms. The van der Waals surface area contributed by atoms with Gasteiger partial charge in [0.25, 0.3) is 0 Å². The van der Waals surface area contributed by atoms with Crippen molar-refractivity contribution in [3.8, 4) is 0 Å². The molecule has 0 unspecified atom stereocenters. The molecule has 2 aromatic carbocycles. The van der Waals surface area contributed by atoms with Crippen LogP contribution in [0.15, 0.2) is 122 Å². The van der Waals surface area contributed by atoms with Crippen LogP contribution in [0.3, 0.4) is 0 Å². The molecule has 6 heterocycles. The largest absolute Gasteiger partial charge is 0.387 e. The van der Waals surface area contributed by atoms with Gasteiger partial charge in [-0.3, -0.25) is 9.97 Å². The van der Waals surface area contributed by atoms with Gasteiger partial charge in [0.2, 0.25) is 0 Å². The van der Waals surface area contributed by atoms with Crippen molar-refractivity contribution in [3.63, 3.8) is 0 Å². The lowest BCUT2D eigenvalue weighted by molar-refractivity contribution is 0.0754. The Morgan fingerprint density at radius 1 is 0.433 bits per heavy atom. The highest BCUT2D eigenvalue weighted by Gasteiger charge is 2.36. The van der Waals surface area contributed by atoms with E-state index in [0.29, 0.717) is 35.5 Å². The van der Waals surface area contributed by atoms with E-state index in [9.17, 15) is 10.2 Å². The summed E-state index contributed by atoms with van der Waals surface area (Å²) in [6.07, 6.45) is 24.2. The number of imidazole rings is 2. The maximum Gasteiger partial charge on any atom is 0.0995 e. The molecule has 0 amide bonds. The summed E-state index contributed by atoms with van der Waals surface area (Å²) in [6.45, 7) is 0. The van der Waals surface area contributed by atoms with Crippen LogP contribution in [0.5, 0.6) is 0 Å². The van der Waals surface area contributed by atoms with Gasteiger partial charge in [-0.15, -0.1) is 0 Å². The number of pyridine rings is 4. The molecule has 6 aromatic heterocycles. The van der Waals surface area contributed by atoms with Crippen molar-refractivity contribution in [3.05, 3.63) is 156 Å². The van der Waals surface area contributed by atoms with E-state index in [1.807, 2.05) is 37.4 Å². The van der Waals surface area contributed by atoms with Gasteiger partial charge in [0.05, 0.1) is 70.7 Å². The van der Waals surface area contributed by atoms with E-state index in [1.165, 1.54) is 58.7 Å². The van der Waals surface area contributed by atoms with Crippen LogP contribution in [-0.2, 0) is 0 Å². The number of benzene rings is 2. The van der Waals surface area contributed by atoms with Crippen molar-refractivity contribution in [1.29, 1.82) is 0 Å². The van der Waals surface area contributed by atoms with Gasteiger partial charge in [0.1, 0.15) is 0 Å². The van der Waals surface area contributed by atoms with E-state index in [4.69, 9.17) is 0 Å². The highest BCUT2D eigenvalue weighted by atomic mass is 16.3. The van der Waals surface area contributed by atoms with Crippen molar-refractivity contribution in [2.45, 2.75) is 113 Å². The lowest BCUT2D eigenvalue weighted by atomic mass is 9.75. The molecule has 8 heteroatoms. The number of aliphatic hydroxyl groups excluding tert-OH is 2. The van der Waals surface area contributed by atoms with Gasteiger partial charge in [0.15, 0.2) is 0 Å². The van der Waals surface area contributed by atoms with Crippen LogP contribution in [0.4, 0.5) is 0 Å². The minimum absolute atomic E-state index is 0.305. The molecular formula is C52H54N6O2. The maximum atomic E-state index is 11.5. The molecule has 0 saturated heterocycles. The van der Waals surface area contributed by atoms with Gasteiger partial charge in [0, 0.05) is 23.2 Å². The van der Waals surface area contributed by atoms with E-state index < -0.39 is 12.2 Å². The molecule has 2 N–H and O–H groups in total. The SMILES string of the molecule is O[C@@H](c1c(C2CC2)ccc2cncn12)C1CCC(c2ccnc3ccccc23)CC1.O[C@H](c1c(C2CC2)ccc2cncn12)C1CCC(c2ccnc3ccccc23)CC1. The monoisotopic (exact) mass is 794 g/mol. The first-order valence-corrected chi connectivity index (χ1v) is 22.5. The Balaban J connectivity index is 0.000000136. The maximum absolute atomic E-state index is 11.5. The lowest BCUT2D eigenvalue weighted by Crippen LogP contribution is -2.22. The summed E-state index contributed by atoms with van der Waals surface area (Å²) in [7, 11) is 0. The van der Waals surface area contributed by atoms with Gasteiger partial charge >= 0.3 is 0 Å². The summed E-state index contributed by atoms with van der Waals surface area (Å²) >= 11 is 0. The molecular weight excluding hydrogens is 741 g/mol. The standard InChI is InChI=1S/2C26H27N3O/c2*30-26(25-22(18-5-6-18)12-11-20-15-27-16-29(20)25)19-9-7-17(8-10-19)21-13-14-28-24-4-2-1-3-23(21)24/h2*1-4,11-19,26,30H,5-10H2/t2*17?,19?,26-/m10/s1. The number of hydrogen-bond acceptors (Lipinski definition) is 6. The molecule has 8 aromatic rings. The fraction of sp³-hybridized carbons (Fsp3) is 0.385. The second-order valence-corrected chi connectivity index (χ2v) is 18.2. The van der Waals surface area contributed by atoms with E-state index in [2.05, 4.69) is 114 Å². The minimum Gasteiger partial charge on any atom is -0.387 e. The Bertz CT molecular complexity index is 2580. The van der Waals surface area contributed by atoms with E-state index in [0.717, 1.165) is 84.8 Å². The number of aromatic nitrogens is 6. The Kier molecular flexibility index (Phi) is 9.93. The van der Waals surface area contributed by atoms with E-state index >= 15 is 0 Å². The van der Waals surface area contributed by atoms with Crippen LogP contribution in [0.25, 0.3) is 32.8 Å². The Morgan fingerprint density at radius 2 is 0.817 bits per heavy atom. The molecule has 0 radical (unpaired) electrons. The van der Waals surface area contributed by atoms with E-state index in [1.54, 1.807) is 0 Å². The lowest BCUT2D eigenvalue weighted by Gasteiger charge is -2.33. The second kappa shape index (κ2) is 15.9. The Morgan fingerprint density at radius 3 is 1.23 bits per heavy atom. The molecule has 12 rings (SSSR count). The molecule has 304 valence electrons. The van der Waals surface area contributed by atoms with Gasteiger partial charge < -0.3 is 19.0 Å². The molecule has 4 aliphatic rings. The van der Waals surface area contributed by atoms with Crippen molar-refractivity contribution in [2.75, 3.05) is 0 Å². The average Bonchev–Trinajstić information content (AvgIpc) is 4.24. The highest BCUT2D eigenvalue weighted by Crippen LogP contribution is 2.49. The predicted molar refractivity (Wildman–Crippen MR) is 237 cm³/mol. The third kappa shape index (κ3) is 7.07. The number of hydrogen-bond donors (Lipinski definition) is 2. The minimum atomic E-state index is -0.423. The normalized spacial score (nSPS) is 23.1. The van der Waals surface area contributed by atoms with Gasteiger partial charge in [-0.1, -0.05) is 48.5 Å². The fourth-order valence-electron chi connectivity index (χ4n) is 11.1. The molecule has 0 spiro atoms. The summed E-state index contributed by atoms with van der Waals surface area (Å²) in [5, 5.41) is 25.5. The number of fused-ring (bicyclic) bond motifs is 4. The number of para-hydroxylation sites is 2. The zero-order valence-corrected chi connectivity index (χ0v) is 34.2. The van der Waals surface area contributed by atoms with Crippen LogP contribution in [-0.4, -0.2) is 39.0 Å². The van der Waals surface area contributed by atoms with Crippen LogP contribution in [0, 0.1) is 11.8 Å². The number of nitrogens with zero attached hydrogens (tertiary/aromatic N) is 6. The summed E-state index contributed by atoms with van der Waals surface area (Å²) in [4.78, 5) is 17.7. The smallest absolute Gasteiger partial charge is 0.0995 e. The fourth-order valence-corrected chi connectivity index (χ4v) is 11.1.